The number of aromatic nitrogens is 3. The van der Waals surface area contributed by atoms with Gasteiger partial charge in [-0.05, 0) is 35.9 Å². The fraction of sp³-hybridized carbons (Fsp3) is 0.0625. The third-order valence-electron chi connectivity index (χ3n) is 3.09. The molecule has 5 nitrogen and oxygen atoms in total. The lowest BCUT2D eigenvalue weighted by Gasteiger charge is -1.99. The number of fused-ring (bicyclic) bond motifs is 1. The number of hydrogen-bond donors (Lipinski definition) is 0. The van der Waals surface area contributed by atoms with Crippen LogP contribution in [0.4, 0.5) is 0 Å². The standard InChI is InChI=1S/C16H13N3O2/c1-21-13-9-6-12(7-10-13)8-11-16(20)19-15-5-3-2-4-14(15)17-18-19/h2-11H,1H3/b11-8+. The van der Waals surface area contributed by atoms with Gasteiger partial charge in [0, 0.05) is 6.08 Å². The minimum Gasteiger partial charge on any atom is -0.497 e. The van der Waals surface area contributed by atoms with Gasteiger partial charge in [0.05, 0.1) is 12.6 Å². The van der Waals surface area contributed by atoms with Gasteiger partial charge in [-0.25, -0.2) is 0 Å². The molecule has 0 saturated heterocycles. The van der Waals surface area contributed by atoms with Gasteiger partial charge in [0.1, 0.15) is 11.3 Å². The molecule has 3 rings (SSSR count). The van der Waals surface area contributed by atoms with Crippen LogP contribution in [-0.2, 0) is 0 Å². The highest BCUT2D eigenvalue weighted by atomic mass is 16.5. The lowest BCUT2D eigenvalue weighted by atomic mass is 10.2. The van der Waals surface area contributed by atoms with Crippen LogP contribution in [0.1, 0.15) is 10.4 Å². The Labute approximate surface area is 121 Å². The number of rotatable bonds is 3. The van der Waals surface area contributed by atoms with E-state index in [1.807, 2.05) is 48.5 Å². The molecule has 0 saturated carbocycles. The summed E-state index contributed by atoms with van der Waals surface area (Å²) in [6.45, 7) is 0. The molecule has 0 N–H and O–H groups in total. The summed E-state index contributed by atoms with van der Waals surface area (Å²) in [5.74, 6) is 0.542. The van der Waals surface area contributed by atoms with Crippen molar-refractivity contribution in [3.63, 3.8) is 0 Å². The molecule has 2 aromatic carbocycles. The molecule has 1 heterocycles. The summed E-state index contributed by atoms with van der Waals surface area (Å²) in [5.41, 5.74) is 2.30. The Bertz CT molecular complexity index is 804. The average Bonchev–Trinajstić information content (AvgIpc) is 2.97. The van der Waals surface area contributed by atoms with Crippen LogP contribution < -0.4 is 4.74 Å². The Morgan fingerprint density at radius 2 is 1.90 bits per heavy atom. The molecule has 3 aromatic rings. The first kappa shape index (κ1) is 13.1. The molecule has 1 aromatic heterocycles. The monoisotopic (exact) mass is 279 g/mol. The predicted molar refractivity (Wildman–Crippen MR) is 80.2 cm³/mol. The first-order valence-electron chi connectivity index (χ1n) is 6.45. The zero-order valence-corrected chi connectivity index (χ0v) is 11.4. The molecule has 0 bridgehead atoms. The maximum atomic E-state index is 12.2. The van der Waals surface area contributed by atoms with Crippen molar-refractivity contribution in [2.45, 2.75) is 0 Å². The van der Waals surface area contributed by atoms with Gasteiger partial charge >= 0.3 is 0 Å². The zero-order valence-electron chi connectivity index (χ0n) is 11.4. The normalized spacial score (nSPS) is 11.1. The van der Waals surface area contributed by atoms with Crippen molar-refractivity contribution < 1.29 is 9.53 Å². The van der Waals surface area contributed by atoms with Crippen LogP contribution in [0.2, 0.25) is 0 Å². The van der Waals surface area contributed by atoms with Crippen molar-refractivity contribution in [2.75, 3.05) is 7.11 Å². The summed E-state index contributed by atoms with van der Waals surface area (Å²) >= 11 is 0. The van der Waals surface area contributed by atoms with Gasteiger partial charge in [-0.3, -0.25) is 4.79 Å². The highest BCUT2D eigenvalue weighted by Crippen LogP contribution is 2.13. The number of ether oxygens (including phenoxy) is 1. The fourth-order valence-corrected chi connectivity index (χ4v) is 1.98. The van der Waals surface area contributed by atoms with E-state index in [9.17, 15) is 4.79 Å². The Kier molecular flexibility index (Phi) is 3.47. The van der Waals surface area contributed by atoms with E-state index in [0.717, 1.165) is 11.3 Å². The predicted octanol–water partition coefficient (Wildman–Crippen LogP) is 2.79. The van der Waals surface area contributed by atoms with Crippen molar-refractivity contribution in [3.8, 4) is 5.75 Å². The lowest BCUT2D eigenvalue weighted by Crippen LogP contribution is -2.08. The first-order valence-corrected chi connectivity index (χ1v) is 6.45. The Morgan fingerprint density at radius 3 is 2.67 bits per heavy atom. The SMILES string of the molecule is COc1ccc(/C=C/C(=O)n2nnc3ccccc32)cc1. The second kappa shape index (κ2) is 5.58. The number of methoxy groups -OCH3 is 1. The van der Waals surface area contributed by atoms with Gasteiger partial charge in [0.15, 0.2) is 0 Å². The number of benzene rings is 2. The second-order valence-corrected chi connectivity index (χ2v) is 4.43. The van der Waals surface area contributed by atoms with Crippen LogP contribution in [0.15, 0.2) is 54.6 Å². The van der Waals surface area contributed by atoms with Crippen LogP contribution in [0, 0.1) is 0 Å². The van der Waals surface area contributed by atoms with Crippen LogP contribution in [-0.4, -0.2) is 28.0 Å². The lowest BCUT2D eigenvalue weighted by molar-refractivity contribution is 0.0958. The van der Waals surface area contributed by atoms with Crippen molar-refractivity contribution in [1.29, 1.82) is 0 Å². The number of hydrogen-bond acceptors (Lipinski definition) is 4. The smallest absolute Gasteiger partial charge is 0.272 e. The van der Waals surface area contributed by atoms with Crippen molar-refractivity contribution in [1.82, 2.24) is 15.0 Å². The topological polar surface area (TPSA) is 57.0 Å². The molecule has 0 spiro atoms. The van der Waals surface area contributed by atoms with Crippen LogP contribution in [0.3, 0.4) is 0 Å². The van der Waals surface area contributed by atoms with E-state index in [1.54, 1.807) is 13.2 Å². The molecule has 0 radical (unpaired) electrons. The molecular weight excluding hydrogens is 266 g/mol. The third kappa shape index (κ3) is 2.67. The average molecular weight is 279 g/mol. The maximum absolute atomic E-state index is 12.2. The fourth-order valence-electron chi connectivity index (χ4n) is 1.98. The summed E-state index contributed by atoms with van der Waals surface area (Å²) in [7, 11) is 1.62. The number of carbonyl (C=O) groups excluding carboxylic acids is 1. The van der Waals surface area contributed by atoms with E-state index in [-0.39, 0.29) is 5.91 Å². The Morgan fingerprint density at radius 1 is 1.14 bits per heavy atom. The number of carbonyl (C=O) groups is 1. The minimum absolute atomic E-state index is 0.237. The molecule has 104 valence electrons. The van der Waals surface area contributed by atoms with E-state index in [1.165, 1.54) is 10.8 Å². The Balaban J connectivity index is 1.83. The number of nitrogens with zero attached hydrogens (tertiary/aromatic N) is 3. The summed E-state index contributed by atoms with van der Waals surface area (Å²) in [4.78, 5) is 12.2. The van der Waals surface area contributed by atoms with Crippen molar-refractivity contribution in [3.05, 3.63) is 60.2 Å². The summed E-state index contributed by atoms with van der Waals surface area (Å²) in [6.07, 6.45) is 3.21. The largest absolute Gasteiger partial charge is 0.497 e. The van der Waals surface area contributed by atoms with E-state index < -0.39 is 0 Å². The number of para-hydroxylation sites is 1. The van der Waals surface area contributed by atoms with Gasteiger partial charge in [-0.1, -0.05) is 29.5 Å². The number of allylic oxidation sites excluding steroid dienone is 1. The molecule has 0 unspecified atom stereocenters. The molecule has 0 aliphatic heterocycles. The minimum atomic E-state index is -0.237. The van der Waals surface area contributed by atoms with Crippen molar-refractivity contribution >= 4 is 23.0 Å². The highest BCUT2D eigenvalue weighted by molar-refractivity contribution is 5.98. The summed E-state index contributed by atoms with van der Waals surface area (Å²) < 4.78 is 6.38. The molecular formula is C16H13N3O2. The molecule has 0 amide bonds. The highest BCUT2D eigenvalue weighted by Gasteiger charge is 2.08. The Hall–Kier alpha value is -2.95. The quantitative estimate of drug-likeness (QED) is 0.692. The second-order valence-electron chi connectivity index (χ2n) is 4.43. The maximum Gasteiger partial charge on any atom is 0.272 e. The van der Waals surface area contributed by atoms with Crippen LogP contribution in [0.5, 0.6) is 5.75 Å². The van der Waals surface area contributed by atoms with E-state index in [0.29, 0.717) is 11.0 Å². The van der Waals surface area contributed by atoms with Gasteiger partial charge in [-0.2, -0.15) is 4.68 Å². The zero-order chi connectivity index (χ0) is 14.7. The molecule has 0 aliphatic carbocycles. The molecule has 5 heteroatoms. The van der Waals surface area contributed by atoms with Gasteiger partial charge in [-0.15, -0.1) is 5.10 Å². The molecule has 21 heavy (non-hydrogen) atoms. The first-order chi connectivity index (χ1) is 10.3. The van der Waals surface area contributed by atoms with Gasteiger partial charge < -0.3 is 4.74 Å². The van der Waals surface area contributed by atoms with Gasteiger partial charge in [0.25, 0.3) is 5.91 Å². The third-order valence-corrected chi connectivity index (χ3v) is 3.09. The van der Waals surface area contributed by atoms with E-state index in [4.69, 9.17) is 4.74 Å². The summed E-state index contributed by atoms with van der Waals surface area (Å²) in [5, 5.41) is 7.84. The van der Waals surface area contributed by atoms with E-state index in [2.05, 4.69) is 10.3 Å². The van der Waals surface area contributed by atoms with Crippen molar-refractivity contribution in [2.24, 2.45) is 0 Å². The summed E-state index contributed by atoms with van der Waals surface area (Å²) in [6, 6.07) is 14.8. The van der Waals surface area contributed by atoms with Gasteiger partial charge in [0.2, 0.25) is 0 Å². The molecule has 0 atom stereocenters. The van der Waals surface area contributed by atoms with E-state index >= 15 is 0 Å². The molecule has 0 aliphatic rings. The van der Waals surface area contributed by atoms with Crippen LogP contribution in [0.25, 0.3) is 17.1 Å². The van der Waals surface area contributed by atoms with Crippen LogP contribution >= 0.6 is 0 Å². The molecule has 0 fully saturated rings.